The van der Waals surface area contributed by atoms with Crippen molar-refractivity contribution in [1.82, 2.24) is 5.32 Å². The van der Waals surface area contributed by atoms with E-state index in [4.69, 9.17) is 5.26 Å². The fraction of sp³-hybridized carbons (Fsp3) is 0.364. The molecule has 1 heterocycles. The van der Waals surface area contributed by atoms with E-state index in [0.29, 0.717) is 5.69 Å². The third-order valence-electron chi connectivity index (χ3n) is 2.56. The summed E-state index contributed by atoms with van der Waals surface area (Å²) in [5.74, 6) is -0.437. The molecule has 5 heteroatoms. The average Bonchev–Trinajstić information content (AvgIpc) is 2.30. The van der Waals surface area contributed by atoms with E-state index in [1.54, 1.807) is 12.1 Å². The number of nitrogens with zero attached hydrogens (tertiary/aromatic N) is 2. The van der Waals surface area contributed by atoms with Crippen LogP contribution in [0.4, 0.5) is 10.1 Å². The van der Waals surface area contributed by atoms with Gasteiger partial charge < -0.3 is 10.2 Å². The Balaban J connectivity index is 0.00000128. The van der Waals surface area contributed by atoms with Crippen LogP contribution in [0.15, 0.2) is 18.2 Å². The van der Waals surface area contributed by atoms with Gasteiger partial charge in [0.1, 0.15) is 17.4 Å². The third kappa shape index (κ3) is 2.43. The Bertz CT molecular complexity index is 397. The van der Waals surface area contributed by atoms with Gasteiger partial charge in [-0.1, -0.05) is 6.07 Å². The lowest BCUT2D eigenvalue weighted by atomic mass is 10.1. The molecule has 0 spiro atoms. The topological polar surface area (TPSA) is 39.1 Å². The smallest absolute Gasteiger partial charge is 0.143 e. The summed E-state index contributed by atoms with van der Waals surface area (Å²) in [7, 11) is 0. The summed E-state index contributed by atoms with van der Waals surface area (Å²) in [6, 6.07) is 6.69. The number of nitrogens with one attached hydrogen (secondary N) is 1. The molecule has 3 nitrogen and oxygen atoms in total. The highest BCUT2D eigenvalue weighted by Crippen LogP contribution is 2.22. The maximum atomic E-state index is 13.3. The van der Waals surface area contributed by atoms with Crippen LogP contribution in [0.1, 0.15) is 5.56 Å². The monoisotopic (exact) mass is 241 g/mol. The molecule has 2 rings (SSSR count). The van der Waals surface area contributed by atoms with Crippen LogP contribution >= 0.6 is 12.4 Å². The van der Waals surface area contributed by atoms with Crippen LogP contribution < -0.4 is 10.2 Å². The predicted molar refractivity (Wildman–Crippen MR) is 63.4 cm³/mol. The van der Waals surface area contributed by atoms with Crippen LogP contribution in [0, 0.1) is 17.1 Å². The Morgan fingerprint density at radius 2 is 2.00 bits per heavy atom. The second kappa shape index (κ2) is 5.69. The summed E-state index contributed by atoms with van der Waals surface area (Å²) >= 11 is 0. The standard InChI is InChI=1S/C11H12FN3.ClH/c12-10-2-1-3-11(9(10)8-13)15-6-4-14-5-7-15;/h1-3,14H,4-7H2;1H. The van der Waals surface area contributed by atoms with Crippen LogP contribution in [-0.4, -0.2) is 26.2 Å². The molecule has 86 valence electrons. The van der Waals surface area contributed by atoms with Gasteiger partial charge >= 0.3 is 0 Å². The Hall–Kier alpha value is -1.31. The van der Waals surface area contributed by atoms with E-state index >= 15 is 0 Å². The molecule has 0 aromatic heterocycles. The van der Waals surface area contributed by atoms with Gasteiger partial charge in [-0.05, 0) is 12.1 Å². The van der Waals surface area contributed by atoms with Gasteiger partial charge in [0.25, 0.3) is 0 Å². The van der Waals surface area contributed by atoms with Gasteiger partial charge in [0, 0.05) is 26.2 Å². The number of hydrogen-bond donors (Lipinski definition) is 1. The van der Waals surface area contributed by atoms with Gasteiger partial charge in [0.05, 0.1) is 5.69 Å². The summed E-state index contributed by atoms with van der Waals surface area (Å²) in [6.45, 7) is 3.39. The van der Waals surface area contributed by atoms with E-state index in [-0.39, 0.29) is 18.0 Å². The second-order valence-corrected chi connectivity index (χ2v) is 3.48. The summed E-state index contributed by atoms with van der Waals surface area (Å²) in [4.78, 5) is 2.04. The molecule has 0 atom stereocenters. The first-order valence-corrected chi connectivity index (χ1v) is 4.97. The minimum absolute atomic E-state index is 0. The normalized spacial score (nSPS) is 15.1. The van der Waals surface area contributed by atoms with Gasteiger partial charge in [-0.25, -0.2) is 4.39 Å². The van der Waals surface area contributed by atoms with Gasteiger partial charge in [-0.2, -0.15) is 5.26 Å². The van der Waals surface area contributed by atoms with E-state index in [2.05, 4.69) is 5.32 Å². The summed E-state index contributed by atoms with van der Waals surface area (Å²) in [5.41, 5.74) is 0.860. The molecule has 0 radical (unpaired) electrons. The molecule has 0 aliphatic carbocycles. The number of halogens is 2. The largest absolute Gasteiger partial charge is 0.368 e. The highest BCUT2D eigenvalue weighted by molar-refractivity contribution is 5.85. The fourth-order valence-corrected chi connectivity index (χ4v) is 1.79. The minimum Gasteiger partial charge on any atom is -0.368 e. The van der Waals surface area contributed by atoms with Crippen molar-refractivity contribution < 1.29 is 4.39 Å². The molecule has 1 fully saturated rings. The van der Waals surface area contributed by atoms with E-state index in [1.807, 2.05) is 11.0 Å². The zero-order valence-corrected chi connectivity index (χ0v) is 9.56. The van der Waals surface area contributed by atoms with Crippen LogP contribution in [0.25, 0.3) is 0 Å². The average molecular weight is 242 g/mol. The zero-order valence-electron chi connectivity index (χ0n) is 8.74. The van der Waals surface area contributed by atoms with Gasteiger partial charge in [-0.15, -0.1) is 12.4 Å². The zero-order chi connectivity index (χ0) is 10.7. The summed E-state index contributed by atoms with van der Waals surface area (Å²) in [5, 5.41) is 12.1. The number of hydrogen-bond acceptors (Lipinski definition) is 3. The summed E-state index contributed by atoms with van der Waals surface area (Å²) < 4.78 is 13.3. The maximum absolute atomic E-state index is 13.3. The lowest BCUT2D eigenvalue weighted by molar-refractivity contribution is 0.583. The van der Waals surface area contributed by atoms with Crippen LogP contribution in [0.5, 0.6) is 0 Å². The molecular weight excluding hydrogens is 229 g/mol. The molecule has 0 bridgehead atoms. The SMILES string of the molecule is Cl.N#Cc1c(F)cccc1N1CCNCC1. The highest BCUT2D eigenvalue weighted by atomic mass is 35.5. The number of benzene rings is 1. The number of anilines is 1. The Kier molecular flexibility index (Phi) is 4.53. The first kappa shape index (κ1) is 12.8. The molecular formula is C11H13ClFN3. The van der Waals surface area contributed by atoms with E-state index < -0.39 is 5.82 Å². The second-order valence-electron chi connectivity index (χ2n) is 3.48. The van der Waals surface area contributed by atoms with E-state index in [0.717, 1.165) is 26.2 Å². The maximum Gasteiger partial charge on any atom is 0.143 e. The van der Waals surface area contributed by atoms with Crippen molar-refractivity contribution >= 4 is 18.1 Å². The molecule has 1 N–H and O–H groups in total. The first-order valence-electron chi connectivity index (χ1n) is 4.97. The number of rotatable bonds is 1. The third-order valence-corrected chi connectivity index (χ3v) is 2.56. The lowest BCUT2D eigenvalue weighted by Crippen LogP contribution is -2.43. The predicted octanol–water partition coefficient (Wildman–Crippen LogP) is 1.53. The Labute approximate surface area is 100 Å². The Morgan fingerprint density at radius 1 is 1.31 bits per heavy atom. The van der Waals surface area contributed by atoms with Gasteiger partial charge in [0.2, 0.25) is 0 Å². The van der Waals surface area contributed by atoms with Crippen molar-refractivity contribution in [1.29, 1.82) is 5.26 Å². The Morgan fingerprint density at radius 3 is 2.62 bits per heavy atom. The first-order chi connectivity index (χ1) is 7.33. The van der Waals surface area contributed by atoms with Crippen LogP contribution in [0.3, 0.4) is 0 Å². The molecule has 0 unspecified atom stereocenters. The van der Waals surface area contributed by atoms with Crippen molar-refractivity contribution in [3.05, 3.63) is 29.6 Å². The molecule has 0 amide bonds. The minimum atomic E-state index is -0.437. The molecule has 1 aromatic rings. The quantitative estimate of drug-likeness (QED) is 0.811. The van der Waals surface area contributed by atoms with Crippen molar-refractivity contribution in [2.45, 2.75) is 0 Å². The van der Waals surface area contributed by atoms with Crippen LogP contribution in [-0.2, 0) is 0 Å². The van der Waals surface area contributed by atoms with Crippen molar-refractivity contribution in [3.8, 4) is 6.07 Å². The van der Waals surface area contributed by atoms with E-state index in [9.17, 15) is 4.39 Å². The molecule has 0 saturated carbocycles. The van der Waals surface area contributed by atoms with Crippen molar-refractivity contribution in [3.63, 3.8) is 0 Å². The summed E-state index contributed by atoms with van der Waals surface area (Å²) in [6.07, 6.45) is 0. The van der Waals surface area contributed by atoms with Crippen molar-refractivity contribution in [2.24, 2.45) is 0 Å². The fourth-order valence-electron chi connectivity index (χ4n) is 1.79. The number of piperazine rings is 1. The number of nitriles is 1. The van der Waals surface area contributed by atoms with Gasteiger partial charge in [-0.3, -0.25) is 0 Å². The van der Waals surface area contributed by atoms with Crippen LogP contribution in [0.2, 0.25) is 0 Å². The highest BCUT2D eigenvalue weighted by Gasteiger charge is 2.16. The molecule has 16 heavy (non-hydrogen) atoms. The van der Waals surface area contributed by atoms with Gasteiger partial charge in [0.15, 0.2) is 0 Å². The molecule has 1 aliphatic heterocycles. The van der Waals surface area contributed by atoms with Crippen molar-refractivity contribution in [2.75, 3.05) is 31.1 Å². The lowest BCUT2D eigenvalue weighted by Gasteiger charge is -2.30. The molecule has 1 aliphatic rings. The molecule has 1 saturated heterocycles. The van der Waals surface area contributed by atoms with E-state index in [1.165, 1.54) is 6.07 Å². The molecule has 1 aromatic carbocycles.